The minimum atomic E-state index is -3.93. The van der Waals surface area contributed by atoms with E-state index in [-0.39, 0.29) is 15.6 Å². The highest BCUT2D eigenvalue weighted by Gasteiger charge is 2.20. The molecule has 4 aromatic rings. The summed E-state index contributed by atoms with van der Waals surface area (Å²) >= 11 is 7.06. The molecule has 11 heteroatoms. The van der Waals surface area contributed by atoms with Crippen molar-refractivity contribution in [3.63, 3.8) is 0 Å². The van der Waals surface area contributed by atoms with Crippen LogP contribution in [0.1, 0.15) is 11.1 Å². The largest absolute Gasteiger partial charge is 0.339 e. The van der Waals surface area contributed by atoms with Gasteiger partial charge in [-0.05, 0) is 35.9 Å². The third-order valence-electron chi connectivity index (χ3n) is 4.21. The number of nitriles is 1. The first-order valence-electron chi connectivity index (χ1n) is 8.94. The van der Waals surface area contributed by atoms with Crippen molar-refractivity contribution < 1.29 is 8.42 Å². The van der Waals surface area contributed by atoms with Crippen LogP contribution >= 0.6 is 22.9 Å². The van der Waals surface area contributed by atoms with Crippen molar-refractivity contribution in [3.8, 4) is 6.07 Å². The Kier molecular flexibility index (Phi) is 5.90. The molecule has 0 bridgehead atoms. The van der Waals surface area contributed by atoms with Gasteiger partial charge >= 0.3 is 0 Å². The number of nitrogens with zero attached hydrogens (tertiary/aromatic N) is 4. The van der Waals surface area contributed by atoms with Crippen LogP contribution < -0.4 is 10.0 Å². The number of rotatable bonds is 7. The first-order valence-corrected chi connectivity index (χ1v) is 11.7. The molecule has 0 amide bonds. The van der Waals surface area contributed by atoms with Crippen LogP contribution in [-0.2, 0) is 16.6 Å². The van der Waals surface area contributed by atoms with Gasteiger partial charge in [-0.15, -0.1) is 11.3 Å². The standard InChI is InChI=1S/C20H15ClN6O2S2/c21-16-3-1-14(2-4-16)13-27-9-7-19(25-27)24-17-5-6-18(15(11-17)12-22)31(28,29)26-20-23-8-10-30-20/h1-11H,13H2,(H,23,26)(H,24,25). The fraction of sp³-hybridized carbons (Fsp3) is 0.0500. The molecule has 8 nitrogen and oxygen atoms in total. The minimum absolute atomic E-state index is 0.00894. The van der Waals surface area contributed by atoms with E-state index in [1.54, 1.807) is 22.2 Å². The molecule has 0 unspecified atom stereocenters. The van der Waals surface area contributed by atoms with Crippen LogP contribution in [0.15, 0.2) is 71.2 Å². The Morgan fingerprint density at radius 1 is 1.16 bits per heavy atom. The van der Waals surface area contributed by atoms with Crippen LogP contribution in [0, 0.1) is 11.3 Å². The molecule has 0 aliphatic heterocycles. The quantitative estimate of drug-likeness (QED) is 0.412. The van der Waals surface area contributed by atoms with Crippen LogP contribution in [-0.4, -0.2) is 23.2 Å². The normalized spacial score (nSPS) is 11.1. The fourth-order valence-corrected chi connectivity index (χ4v) is 4.87. The molecule has 0 radical (unpaired) electrons. The van der Waals surface area contributed by atoms with Crippen molar-refractivity contribution in [3.05, 3.63) is 82.5 Å². The van der Waals surface area contributed by atoms with E-state index < -0.39 is 10.0 Å². The zero-order valence-corrected chi connectivity index (χ0v) is 18.2. The number of aromatic nitrogens is 3. The van der Waals surface area contributed by atoms with Gasteiger partial charge in [0.1, 0.15) is 11.0 Å². The Hall–Kier alpha value is -3.39. The average Bonchev–Trinajstić information content (AvgIpc) is 3.41. The number of thiazole rings is 1. The van der Waals surface area contributed by atoms with Crippen LogP contribution in [0.2, 0.25) is 5.02 Å². The third-order valence-corrected chi connectivity index (χ3v) is 6.68. The lowest BCUT2D eigenvalue weighted by Crippen LogP contribution is -2.14. The molecule has 2 aromatic heterocycles. The Balaban J connectivity index is 1.50. The molecule has 156 valence electrons. The maximum Gasteiger partial charge on any atom is 0.264 e. The summed E-state index contributed by atoms with van der Waals surface area (Å²) in [7, 11) is -3.93. The molecule has 0 saturated carbocycles. The Morgan fingerprint density at radius 3 is 2.68 bits per heavy atom. The molecule has 31 heavy (non-hydrogen) atoms. The Bertz CT molecular complexity index is 1340. The summed E-state index contributed by atoms with van der Waals surface area (Å²) in [6, 6.07) is 15.6. The minimum Gasteiger partial charge on any atom is -0.339 e. The zero-order chi connectivity index (χ0) is 21.8. The van der Waals surface area contributed by atoms with E-state index in [1.165, 1.54) is 18.3 Å². The molecule has 0 saturated heterocycles. The van der Waals surface area contributed by atoms with Gasteiger partial charge in [-0.25, -0.2) is 13.4 Å². The number of benzene rings is 2. The molecule has 2 aromatic carbocycles. The monoisotopic (exact) mass is 470 g/mol. The summed E-state index contributed by atoms with van der Waals surface area (Å²) in [4.78, 5) is 3.79. The summed E-state index contributed by atoms with van der Waals surface area (Å²) in [6.45, 7) is 0.571. The molecule has 0 atom stereocenters. The second kappa shape index (κ2) is 8.77. The van der Waals surface area contributed by atoms with E-state index in [4.69, 9.17) is 11.6 Å². The number of sulfonamides is 1. The van der Waals surface area contributed by atoms with E-state index in [1.807, 2.05) is 36.5 Å². The van der Waals surface area contributed by atoms with E-state index in [2.05, 4.69) is 20.1 Å². The Morgan fingerprint density at radius 2 is 1.97 bits per heavy atom. The van der Waals surface area contributed by atoms with Gasteiger partial charge in [-0.2, -0.15) is 10.4 Å². The molecule has 2 N–H and O–H groups in total. The highest BCUT2D eigenvalue weighted by Crippen LogP contribution is 2.25. The van der Waals surface area contributed by atoms with Gasteiger partial charge in [0.05, 0.1) is 12.1 Å². The zero-order valence-electron chi connectivity index (χ0n) is 15.9. The predicted molar refractivity (Wildman–Crippen MR) is 120 cm³/mol. The van der Waals surface area contributed by atoms with Crippen LogP contribution in [0.5, 0.6) is 0 Å². The van der Waals surface area contributed by atoms with Crippen molar-refractivity contribution in [1.82, 2.24) is 14.8 Å². The highest BCUT2D eigenvalue weighted by atomic mass is 35.5. The van der Waals surface area contributed by atoms with Gasteiger partial charge in [-0.3, -0.25) is 9.40 Å². The smallest absolute Gasteiger partial charge is 0.264 e. The molecule has 0 fully saturated rings. The molecule has 2 heterocycles. The van der Waals surface area contributed by atoms with Crippen LogP contribution in [0.3, 0.4) is 0 Å². The van der Waals surface area contributed by atoms with Crippen molar-refractivity contribution in [2.45, 2.75) is 11.4 Å². The lowest BCUT2D eigenvalue weighted by molar-refractivity contribution is 0.601. The fourth-order valence-electron chi connectivity index (χ4n) is 2.81. The van der Waals surface area contributed by atoms with E-state index >= 15 is 0 Å². The van der Waals surface area contributed by atoms with Gasteiger partial charge in [-0.1, -0.05) is 23.7 Å². The first-order chi connectivity index (χ1) is 14.9. The second-order valence-electron chi connectivity index (χ2n) is 6.42. The van der Waals surface area contributed by atoms with Crippen molar-refractivity contribution in [2.75, 3.05) is 10.0 Å². The first kappa shape index (κ1) is 20.9. The average molecular weight is 471 g/mol. The summed E-state index contributed by atoms with van der Waals surface area (Å²) in [5.41, 5.74) is 1.60. The summed E-state index contributed by atoms with van der Waals surface area (Å²) in [5, 5.41) is 19.6. The van der Waals surface area contributed by atoms with E-state index in [9.17, 15) is 13.7 Å². The number of anilines is 3. The number of nitrogens with one attached hydrogen (secondary N) is 2. The van der Waals surface area contributed by atoms with Crippen LogP contribution in [0.25, 0.3) is 0 Å². The van der Waals surface area contributed by atoms with E-state index in [0.717, 1.165) is 16.9 Å². The van der Waals surface area contributed by atoms with Gasteiger partial charge in [0, 0.05) is 34.6 Å². The number of hydrogen-bond donors (Lipinski definition) is 2. The summed E-state index contributed by atoms with van der Waals surface area (Å²) < 4.78 is 29.3. The van der Waals surface area contributed by atoms with E-state index in [0.29, 0.717) is 23.1 Å². The molecule has 4 rings (SSSR count). The maximum atomic E-state index is 12.6. The second-order valence-corrected chi connectivity index (χ2v) is 9.40. The Labute approximate surface area is 187 Å². The maximum absolute atomic E-state index is 12.6. The van der Waals surface area contributed by atoms with Crippen molar-refractivity contribution in [2.24, 2.45) is 0 Å². The lowest BCUT2D eigenvalue weighted by Gasteiger charge is -2.09. The number of hydrogen-bond acceptors (Lipinski definition) is 7. The third kappa shape index (κ3) is 5.03. The summed E-state index contributed by atoms with van der Waals surface area (Å²) in [5.74, 6) is 0.564. The molecule has 0 aliphatic rings. The highest BCUT2D eigenvalue weighted by molar-refractivity contribution is 7.93. The molecular formula is C20H15ClN6O2S2. The van der Waals surface area contributed by atoms with Crippen molar-refractivity contribution in [1.29, 1.82) is 5.26 Å². The van der Waals surface area contributed by atoms with Gasteiger partial charge in [0.15, 0.2) is 10.9 Å². The predicted octanol–water partition coefficient (Wildman–Crippen LogP) is 4.46. The van der Waals surface area contributed by atoms with Gasteiger partial charge in [0.2, 0.25) is 0 Å². The van der Waals surface area contributed by atoms with Gasteiger partial charge < -0.3 is 5.32 Å². The molecule has 0 aliphatic carbocycles. The summed E-state index contributed by atoms with van der Waals surface area (Å²) in [6.07, 6.45) is 3.31. The number of halogens is 1. The van der Waals surface area contributed by atoms with Gasteiger partial charge in [0.25, 0.3) is 10.0 Å². The van der Waals surface area contributed by atoms with Crippen LogP contribution in [0.4, 0.5) is 16.6 Å². The molecule has 0 spiro atoms. The van der Waals surface area contributed by atoms with Crippen molar-refractivity contribution >= 4 is 49.6 Å². The lowest BCUT2D eigenvalue weighted by atomic mass is 10.2. The molecular weight excluding hydrogens is 456 g/mol. The SMILES string of the molecule is N#Cc1cc(Nc2ccn(Cc3ccc(Cl)cc3)n2)ccc1S(=O)(=O)Nc1nccs1. The topological polar surface area (TPSA) is 113 Å².